The highest BCUT2D eigenvalue weighted by Crippen LogP contribution is 2.42. The van der Waals surface area contributed by atoms with Crippen molar-refractivity contribution in [1.82, 2.24) is 0 Å². The number of hydrogen-bond acceptors (Lipinski definition) is 1. The Labute approximate surface area is 101 Å². The molecule has 0 aromatic carbocycles. The molecule has 0 amide bonds. The van der Waals surface area contributed by atoms with Crippen LogP contribution in [0.2, 0.25) is 0 Å². The Kier molecular flexibility index (Phi) is 4.01. The molecule has 17 heavy (non-hydrogen) atoms. The second kappa shape index (κ2) is 5.17. The fraction of sp³-hybridized carbons (Fsp3) is 1.00. The van der Waals surface area contributed by atoms with E-state index in [1.54, 1.807) is 0 Å². The molecule has 3 unspecified atom stereocenters. The Morgan fingerprint density at radius 2 is 1.82 bits per heavy atom. The second-order valence-corrected chi connectivity index (χ2v) is 5.85. The van der Waals surface area contributed by atoms with E-state index >= 15 is 0 Å². The summed E-state index contributed by atoms with van der Waals surface area (Å²) in [4.78, 5) is 0. The summed E-state index contributed by atoms with van der Waals surface area (Å²) >= 11 is 0. The van der Waals surface area contributed by atoms with Crippen LogP contribution in [0.3, 0.4) is 0 Å². The highest BCUT2D eigenvalue weighted by Gasteiger charge is 2.43. The quantitative estimate of drug-likeness (QED) is 0.804. The number of alkyl halides is 3. The van der Waals surface area contributed by atoms with Crippen molar-refractivity contribution in [2.45, 2.75) is 63.6 Å². The summed E-state index contributed by atoms with van der Waals surface area (Å²) in [5.74, 6) is -0.189. The van der Waals surface area contributed by atoms with Gasteiger partial charge in [-0.3, -0.25) is 0 Å². The van der Waals surface area contributed by atoms with Gasteiger partial charge in [-0.25, -0.2) is 0 Å². The van der Waals surface area contributed by atoms with E-state index in [4.69, 9.17) is 5.73 Å². The van der Waals surface area contributed by atoms with E-state index in [2.05, 4.69) is 0 Å². The molecule has 1 nitrogen and oxygen atoms in total. The molecule has 0 heterocycles. The lowest BCUT2D eigenvalue weighted by atomic mass is 9.76. The molecule has 0 saturated heterocycles. The topological polar surface area (TPSA) is 26.0 Å². The Morgan fingerprint density at radius 3 is 2.41 bits per heavy atom. The molecule has 2 N–H and O–H groups in total. The molecule has 0 aromatic heterocycles. The molecule has 2 aliphatic rings. The largest absolute Gasteiger partial charge is 0.391 e. The zero-order valence-corrected chi connectivity index (χ0v) is 10.2. The van der Waals surface area contributed by atoms with Crippen molar-refractivity contribution < 1.29 is 13.2 Å². The smallest absolute Gasteiger partial charge is 0.327 e. The molecule has 2 rings (SSSR count). The van der Waals surface area contributed by atoms with Crippen LogP contribution < -0.4 is 5.73 Å². The van der Waals surface area contributed by atoms with Crippen LogP contribution in [0, 0.1) is 17.8 Å². The normalized spacial score (nSPS) is 32.5. The Hall–Kier alpha value is -0.250. The first-order chi connectivity index (χ1) is 7.97. The molecule has 0 radical (unpaired) electrons. The van der Waals surface area contributed by atoms with E-state index in [9.17, 15) is 13.2 Å². The van der Waals surface area contributed by atoms with Crippen LogP contribution in [0.25, 0.3) is 0 Å². The van der Waals surface area contributed by atoms with Gasteiger partial charge >= 0.3 is 6.18 Å². The third-order valence-electron chi connectivity index (χ3n) is 4.39. The molecule has 3 atom stereocenters. The molecule has 0 spiro atoms. The minimum Gasteiger partial charge on any atom is -0.327 e. The molecule has 0 bridgehead atoms. The van der Waals surface area contributed by atoms with Gasteiger partial charge in [-0.15, -0.1) is 0 Å². The first kappa shape index (κ1) is 13.2. The molecule has 2 saturated carbocycles. The molecule has 0 aliphatic heterocycles. The minimum atomic E-state index is -4.02. The molecule has 4 heteroatoms. The number of nitrogens with two attached hydrogens (primary N) is 1. The first-order valence-corrected chi connectivity index (χ1v) is 6.79. The summed E-state index contributed by atoms with van der Waals surface area (Å²) in [6.07, 6.45) is 2.74. The summed E-state index contributed by atoms with van der Waals surface area (Å²) in [5.41, 5.74) is 6.06. The van der Waals surface area contributed by atoms with Crippen molar-refractivity contribution in [2.24, 2.45) is 23.5 Å². The highest BCUT2D eigenvalue weighted by molar-refractivity contribution is 4.85. The van der Waals surface area contributed by atoms with Gasteiger partial charge in [0, 0.05) is 6.04 Å². The SMILES string of the molecule is NC(CCC1CC1)C1CCCC(C(F)(F)F)C1. The lowest BCUT2D eigenvalue weighted by Crippen LogP contribution is -2.37. The predicted molar refractivity (Wildman–Crippen MR) is 61.4 cm³/mol. The van der Waals surface area contributed by atoms with Gasteiger partial charge < -0.3 is 5.73 Å². The summed E-state index contributed by atoms with van der Waals surface area (Å²) in [7, 11) is 0. The third-order valence-corrected chi connectivity index (χ3v) is 4.39. The van der Waals surface area contributed by atoms with Gasteiger partial charge in [0.1, 0.15) is 0 Å². The van der Waals surface area contributed by atoms with Crippen LogP contribution in [0.4, 0.5) is 13.2 Å². The summed E-state index contributed by atoms with van der Waals surface area (Å²) < 4.78 is 38.0. The zero-order valence-electron chi connectivity index (χ0n) is 10.2. The third kappa shape index (κ3) is 3.87. The van der Waals surface area contributed by atoms with E-state index in [1.807, 2.05) is 0 Å². The molecule has 100 valence electrons. The van der Waals surface area contributed by atoms with Crippen LogP contribution in [0.15, 0.2) is 0 Å². The van der Waals surface area contributed by atoms with Crippen LogP contribution in [-0.4, -0.2) is 12.2 Å². The van der Waals surface area contributed by atoms with Gasteiger partial charge in [0.25, 0.3) is 0 Å². The Balaban J connectivity index is 1.78. The van der Waals surface area contributed by atoms with Gasteiger partial charge in [0.05, 0.1) is 5.92 Å². The van der Waals surface area contributed by atoms with E-state index in [-0.39, 0.29) is 18.4 Å². The van der Waals surface area contributed by atoms with Gasteiger partial charge in [-0.2, -0.15) is 13.2 Å². The van der Waals surface area contributed by atoms with Crippen LogP contribution in [-0.2, 0) is 0 Å². The van der Waals surface area contributed by atoms with Gasteiger partial charge in [-0.1, -0.05) is 19.3 Å². The van der Waals surface area contributed by atoms with Crippen molar-refractivity contribution in [3.05, 3.63) is 0 Å². The fourth-order valence-corrected chi connectivity index (χ4v) is 2.98. The van der Waals surface area contributed by atoms with Gasteiger partial charge in [0.15, 0.2) is 0 Å². The molecule has 2 fully saturated rings. The maximum atomic E-state index is 12.7. The van der Waals surface area contributed by atoms with Crippen molar-refractivity contribution in [1.29, 1.82) is 0 Å². The summed E-state index contributed by atoms with van der Waals surface area (Å²) in [6.45, 7) is 0. The minimum absolute atomic E-state index is 0.0132. The first-order valence-electron chi connectivity index (χ1n) is 6.79. The van der Waals surface area contributed by atoms with E-state index in [0.29, 0.717) is 12.8 Å². The van der Waals surface area contributed by atoms with Crippen LogP contribution >= 0.6 is 0 Å². The lowest BCUT2D eigenvalue weighted by Gasteiger charge is -2.33. The maximum Gasteiger partial charge on any atom is 0.391 e. The van der Waals surface area contributed by atoms with Crippen LogP contribution in [0.1, 0.15) is 51.4 Å². The monoisotopic (exact) mass is 249 g/mol. The number of rotatable bonds is 4. The van der Waals surface area contributed by atoms with Crippen molar-refractivity contribution in [3.63, 3.8) is 0 Å². The number of hydrogen-bond donors (Lipinski definition) is 1. The molecular weight excluding hydrogens is 227 g/mol. The zero-order chi connectivity index (χ0) is 12.5. The Morgan fingerprint density at radius 1 is 1.12 bits per heavy atom. The van der Waals surface area contributed by atoms with E-state index in [0.717, 1.165) is 25.2 Å². The number of halogens is 3. The average molecular weight is 249 g/mol. The Bertz CT molecular complexity index is 248. The van der Waals surface area contributed by atoms with E-state index < -0.39 is 12.1 Å². The molecule has 0 aromatic rings. The predicted octanol–water partition coefficient (Wildman–Crippen LogP) is 3.87. The van der Waals surface area contributed by atoms with Gasteiger partial charge in [-0.05, 0) is 43.9 Å². The standard InChI is InChI=1S/C13H22F3N/c14-13(15,16)11-3-1-2-10(8-11)12(17)7-6-9-4-5-9/h9-12H,1-8,17H2. The summed E-state index contributed by atoms with van der Waals surface area (Å²) in [6, 6.07) is -0.0132. The molecule has 2 aliphatic carbocycles. The highest BCUT2D eigenvalue weighted by atomic mass is 19.4. The van der Waals surface area contributed by atoms with Gasteiger partial charge in [0.2, 0.25) is 0 Å². The maximum absolute atomic E-state index is 12.7. The average Bonchev–Trinajstić information content (AvgIpc) is 3.09. The van der Waals surface area contributed by atoms with Crippen molar-refractivity contribution in [3.8, 4) is 0 Å². The fourth-order valence-electron chi connectivity index (χ4n) is 2.98. The summed E-state index contributed by atoms with van der Waals surface area (Å²) in [5, 5.41) is 0. The van der Waals surface area contributed by atoms with Crippen molar-refractivity contribution in [2.75, 3.05) is 0 Å². The van der Waals surface area contributed by atoms with Crippen molar-refractivity contribution >= 4 is 0 Å². The van der Waals surface area contributed by atoms with E-state index in [1.165, 1.54) is 12.8 Å². The lowest BCUT2D eigenvalue weighted by molar-refractivity contribution is -0.186. The second-order valence-electron chi connectivity index (χ2n) is 5.85. The van der Waals surface area contributed by atoms with Crippen LogP contribution in [0.5, 0.6) is 0 Å². The molecular formula is C13H22F3N.